The van der Waals surface area contributed by atoms with Crippen molar-refractivity contribution in [1.29, 1.82) is 0 Å². The number of esters is 3. The van der Waals surface area contributed by atoms with E-state index in [1.165, 1.54) is 6.92 Å². The van der Waals surface area contributed by atoms with Gasteiger partial charge in [-0.05, 0) is 38.0 Å². The van der Waals surface area contributed by atoms with E-state index in [-0.39, 0.29) is 25.7 Å². The number of aliphatic hydroxyl groups is 1. The highest BCUT2D eigenvalue weighted by atomic mass is 16.7. The smallest absolute Gasteiger partial charge is 0.350 e. The van der Waals surface area contributed by atoms with Crippen molar-refractivity contribution in [1.82, 2.24) is 5.32 Å². The molecule has 186 valence electrons. The fourth-order valence-corrected chi connectivity index (χ4v) is 3.76. The van der Waals surface area contributed by atoms with Crippen LogP contribution in [0.15, 0.2) is 24.3 Å². The van der Waals surface area contributed by atoms with Crippen molar-refractivity contribution >= 4 is 29.6 Å². The van der Waals surface area contributed by atoms with Crippen molar-refractivity contribution < 1.29 is 43.2 Å². The summed E-state index contributed by atoms with van der Waals surface area (Å²) in [7, 11) is 0. The van der Waals surface area contributed by atoms with Crippen molar-refractivity contribution in [3.05, 3.63) is 29.8 Å². The molecule has 0 aromatic heterocycles. The molecule has 0 bridgehead atoms. The fraction of sp³-hybridized carbons (Fsp3) is 0.565. The molecule has 2 aliphatic rings. The van der Waals surface area contributed by atoms with Crippen LogP contribution in [0.3, 0.4) is 0 Å². The summed E-state index contributed by atoms with van der Waals surface area (Å²) in [6.07, 6.45) is -2.77. The molecule has 2 N–H and O–H groups in total. The van der Waals surface area contributed by atoms with E-state index >= 15 is 0 Å². The quantitative estimate of drug-likeness (QED) is 0.282. The number of aliphatic hydroxyl groups excluding tert-OH is 1. The van der Waals surface area contributed by atoms with Crippen LogP contribution in [0.4, 0.5) is 10.5 Å². The van der Waals surface area contributed by atoms with Gasteiger partial charge in [-0.15, -0.1) is 0 Å². The molecule has 0 radical (unpaired) electrons. The number of hydrogen-bond donors (Lipinski definition) is 2. The van der Waals surface area contributed by atoms with Crippen LogP contribution in [-0.4, -0.2) is 79.3 Å². The van der Waals surface area contributed by atoms with Gasteiger partial charge in [-0.3, -0.25) is 9.69 Å². The van der Waals surface area contributed by atoms with Crippen LogP contribution in [0.25, 0.3) is 0 Å². The van der Waals surface area contributed by atoms with Crippen molar-refractivity contribution in [2.45, 2.75) is 57.5 Å². The number of rotatable bonds is 10. The lowest BCUT2D eigenvalue weighted by atomic mass is 9.93. The number of carbonyl (C=O) groups excluding carboxylic acids is 4. The molecule has 0 spiro atoms. The second-order valence-corrected chi connectivity index (χ2v) is 8.00. The Bertz CT molecular complexity index is 900. The number of nitrogens with zero attached hydrogens (tertiary/aromatic N) is 1. The molecule has 1 aromatic carbocycles. The highest BCUT2D eigenvalue weighted by Gasteiger charge is 2.62. The summed E-state index contributed by atoms with van der Waals surface area (Å²) in [4.78, 5) is 51.1. The van der Waals surface area contributed by atoms with Crippen molar-refractivity contribution in [2.24, 2.45) is 0 Å². The zero-order valence-electron chi connectivity index (χ0n) is 19.4. The molecule has 3 rings (SSSR count). The van der Waals surface area contributed by atoms with Crippen molar-refractivity contribution in [3.8, 4) is 0 Å². The highest BCUT2D eigenvalue weighted by Crippen LogP contribution is 2.37. The number of carbonyl (C=O) groups is 4. The van der Waals surface area contributed by atoms with Gasteiger partial charge in [0.15, 0.2) is 6.10 Å². The Kier molecular flexibility index (Phi) is 8.11. The van der Waals surface area contributed by atoms with Crippen LogP contribution in [0, 0.1) is 0 Å². The Morgan fingerprint density at radius 1 is 1.09 bits per heavy atom. The van der Waals surface area contributed by atoms with Gasteiger partial charge in [0, 0.05) is 32.1 Å². The number of amides is 2. The summed E-state index contributed by atoms with van der Waals surface area (Å²) in [5.41, 5.74) is -1.04. The van der Waals surface area contributed by atoms with Crippen LogP contribution in [-0.2, 0) is 39.8 Å². The zero-order valence-corrected chi connectivity index (χ0v) is 19.4. The second kappa shape index (κ2) is 10.8. The van der Waals surface area contributed by atoms with E-state index in [1.807, 2.05) is 0 Å². The maximum atomic E-state index is 13.0. The normalized spacial score (nSPS) is 21.9. The first kappa shape index (κ1) is 25.4. The Balaban J connectivity index is 1.89. The first-order valence-corrected chi connectivity index (χ1v) is 11.2. The van der Waals surface area contributed by atoms with Crippen LogP contribution in [0.1, 0.15) is 32.8 Å². The van der Waals surface area contributed by atoms with E-state index in [2.05, 4.69) is 5.32 Å². The van der Waals surface area contributed by atoms with Gasteiger partial charge in [0.2, 0.25) is 0 Å². The number of anilines is 1. The molecule has 1 aliphatic carbocycles. The van der Waals surface area contributed by atoms with Crippen molar-refractivity contribution in [3.63, 3.8) is 0 Å². The van der Waals surface area contributed by atoms with Gasteiger partial charge < -0.3 is 29.4 Å². The molecule has 1 heterocycles. The van der Waals surface area contributed by atoms with Crippen LogP contribution in [0.2, 0.25) is 0 Å². The SMILES string of the molecule is CCOC(=O)C(Cc1ccc(N2CCCNC2=O)cc1)(OC1[C@@H](O)[C@@H]1OC(C)=O)C(=O)OCC. The minimum absolute atomic E-state index is 0.0209. The van der Waals surface area contributed by atoms with Crippen LogP contribution < -0.4 is 10.2 Å². The van der Waals surface area contributed by atoms with E-state index in [0.717, 1.165) is 6.42 Å². The lowest BCUT2D eigenvalue weighted by Crippen LogP contribution is -2.54. The van der Waals surface area contributed by atoms with E-state index in [9.17, 15) is 24.3 Å². The molecule has 2 fully saturated rings. The maximum Gasteiger partial charge on any atom is 0.350 e. The summed E-state index contributed by atoms with van der Waals surface area (Å²) in [5, 5.41) is 12.9. The molecule has 1 aromatic rings. The fourth-order valence-electron chi connectivity index (χ4n) is 3.76. The van der Waals surface area contributed by atoms with Gasteiger partial charge in [-0.2, -0.15) is 0 Å². The van der Waals surface area contributed by atoms with Gasteiger partial charge in [-0.1, -0.05) is 12.1 Å². The highest BCUT2D eigenvalue weighted by molar-refractivity contribution is 6.04. The first-order valence-electron chi connectivity index (χ1n) is 11.2. The summed E-state index contributed by atoms with van der Waals surface area (Å²) in [5.74, 6) is -2.59. The standard InChI is InChI=1S/C23H30N2O9/c1-4-31-20(28)23(21(29)32-5-2,34-19-17(27)18(19)33-14(3)26)13-15-7-9-16(10-8-15)25-12-6-11-24-22(25)30/h7-10,17-19,27H,4-6,11-13H2,1-3H3,(H,24,30)/t17-,18-,19?/m0/s1. The molecular weight excluding hydrogens is 448 g/mol. The molecule has 2 amide bonds. The van der Waals surface area contributed by atoms with E-state index < -0.39 is 41.8 Å². The number of nitrogens with one attached hydrogen (secondary N) is 1. The monoisotopic (exact) mass is 478 g/mol. The third kappa shape index (κ3) is 5.48. The summed E-state index contributed by atoms with van der Waals surface area (Å²) in [6, 6.07) is 6.54. The topological polar surface area (TPSA) is 141 Å². The Morgan fingerprint density at radius 3 is 2.24 bits per heavy atom. The van der Waals surface area contributed by atoms with Gasteiger partial charge in [0.05, 0.1) is 13.2 Å². The van der Waals surface area contributed by atoms with Gasteiger partial charge in [0.25, 0.3) is 5.60 Å². The third-order valence-electron chi connectivity index (χ3n) is 5.49. The molecule has 1 saturated carbocycles. The summed E-state index contributed by atoms with van der Waals surface area (Å²) in [6.45, 7) is 5.49. The number of benzene rings is 1. The average molecular weight is 478 g/mol. The van der Waals surface area contributed by atoms with E-state index in [4.69, 9.17) is 18.9 Å². The van der Waals surface area contributed by atoms with Gasteiger partial charge in [0.1, 0.15) is 12.2 Å². The molecule has 34 heavy (non-hydrogen) atoms. The summed E-state index contributed by atoms with van der Waals surface area (Å²) < 4.78 is 21.1. The number of ether oxygens (including phenoxy) is 4. The minimum atomic E-state index is -2.23. The van der Waals surface area contributed by atoms with E-state index in [0.29, 0.717) is 24.3 Å². The molecule has 1 aliphatic heterocycles. The molecule has 11 heteroatoms. The third-order valence-corrected chi connectivity index (χ3v) is 5.49. The van der Waals surface area contributed by atoms with Crippen molar-refractivity contribution in [2.75, 3.05) is 31.2 Å². The van der Waals surface area contributed by atoms with Gasteiger partial charge in [-0.25, -0.2) is 14.4 Å². The Labute approximate surface area is 197 Å². The molecule has 1 unspecified atom stereocenters. The lowest BCUT2D eigenvalue weighted by molar-refractivity contribution is -0.195. The first-order chi connectivity index (χ1) is 16.2. The molecule has 11 nitrogen and oxygen atoms in total. The number of hydrogen-bond acceptors (Lipinski definition) is 9. The van der Waals surface area contributed by atoms with E-state index in [1.54, 1.807) is 43.0 Å². The molecule has 1 saturated heterocycles. The molecular formula is C23H30N2O9. The average Bonchev–Trinajstić information content (AvgIpc) is 3.39. The summed E-state index contributed by atoms with van der Waals surface area (Å²) >= 11 is 0. The zero-order chi connectivity index (χ0) is 24.9. The Hall–Kier alpha value is -3.18. The predicted molar refractivity (Wildman–Crippen MR) is 118 cm³/mol. The largest absolute Gasteiger partial charge is 0.463 e. The van der Waals surface area contributed by atoms with Gasteiger partial charge >= 0.3 is 23.9 Å². The Morgan fingerprint density at radius 2 is 1.71 bits per heavy atom. The number of urea groups is 1. The lowest BCUT2D eigenvalue weighted by Gasteiger charge is -2.30. The minimum Gasteiger partial charge on any atom is -0.463 e. The second-order valence-electron chi connectivity index (χ2n) is 8.00. The van der Waals surface area contributed by atoms with Crippen LogP contribution in [0.5, 0.6) is 0 Å². The van der Waals surface area contributed by atoms with Crippen LogP contribution >= 0.6 is 0 Å². The maximum absolute atomic E-state index is 13.0. The molecule has 3 atom stereocenters. The predicted octanol–water partition coefficient (Wildman–Crippen LogP) is 0.705.